The highest BCUT2D eigenvalue weighted by Crippen LogP contribution is 2.23. The van der Waals surface area contributed by atoms with E-state index in [1.54, 1.807) is 11.6 Å². The Hall–Kier alpha value is -2.11. The molecule has 6 nitrogen and oxygen atoms in total. The molecule has 0 saturated carbocycles. The van der Waals surface area contributed by atoms with E-state index in [0.29, 0.717) is 23.8 Å². The minimum Gasteiger partial charge on any atom is -0.475 e. The minimum absolute atomic E-state index is 0.119. The quantitative estimate of drug-likeness (QED) is 0.897. The number of aryl methyl sites for hydroxylation is 3. The molecule has 0 aliphatic heterocycles. The number of nitrogens with zero attached hydrogens (tertiary/aromatic N) is 3. The molecule has 2 rings (SSSR count). The molecular weight excluding hydrogens is 234 g/mol. The Bertz CT molecular complexity index is 583. The zero-order chi connectivity index (χ0) is 13.3. The summed E-state index contributed by atoms with van der Waals surface area (Å²) < 4.78 is 7.05. The van der Waals surface area contributed by atoms with E-state index in [1.807, 2.05) is 19.9 Å². The Balaban J connectivity index is 2.51. The van der Waals surface area contributed by atoms with Crippen LogP contribution in [0.15, 0.2) is 10.5 Å². The predicted molar refractivity (Wildman–Crippen MR) is 64.5 cm³/mol. The third-order valence-corrected chi connectivity index (χ3v) is 2.70. The van der Waals surface area contributed by atoms with Gasteiger partial charge in [0.15, 0.2) is 0 Å². The molecule has 1 N–H and O–H groups in total. The van der Waals surface area contributed by atoms with Crippen molar-refractivity contribution >= 4 is 5.97 Å². The van der Waals surface area contributed by atoms with Gasteiger partial charge >= 0.3 is 5.97 Å². The molecule has 0 unspecified atom stereocenters. The Morgan fingerprint density at radius 3 is 2.72 bits per heavy atom. The summed E-state index contributed by atoms with van der Waals surface area (Å²) in [5.74, 6) is -0.921. The molecule has 2 aromatic rings. The van der Waals surface area contributed by atoms with Gasteiger partial charge in [-0.05, 0) is 26.3 Å². The summed E-state index contributed by atoms with van der Waals surface area (Å²) in [6.07, 6.45) is 0.811. The number of aromatic carboxylic acids is 1. The number of hydrogen-bond acceptors (Lipinski definition) is 4. The van der Waals surface area contributed by atoms with E-state index in [0.717, 1.165) is 12.1 Å². The van der Waals surface area contributed by atoms with E-state index in [-0.39, 0.29) is 5.76 Å². The van der Waals surface area contributed by atoms with Crippen LogP contribution in [0.2, 0.25) is 0 Å². The second-order valence-corrected chi connectivity index (χ2v) is 3.93. The van der Waals surface area contributed by atoms with Crippen LogP contribution in [0.1, 0.15) is 35.8 Å². The molecule has 2 aromatic heterocycles. The van der Waals surface area contributed by atoms with Crippen LogP contribution < -0.4 is 0 Å². The molecule has 0 aliphatic rings. The monoisotopic (exact) mass is 249 g/mol. The highest BCUT2D eigenvalue weighted by atomic mass is 16.4. The molecule has 96 valence electrons. The van der Waals surface area contributed by atoms with Crippen molar-refractivity contribution < 1.29 is 14.3 Å². The number of rotatable bonds is 4. The van der Waals surface area contributed by atoms with Gasteiger partial charge < -0.3 is 9.52 Å². The minimum atomic E-state index is -1.11. The Labute approximate surface area is 104 Å². The van der Waals surface area contributed by atoms with Gasteiger partial charge in [-0.15, -0.1) is 0 Å². The van der Waals surface area contributed by atoms with E-state index in [1.165, 1.54) is 0 Å². The Kier molecular flexibility index (Phi) is 3.18. The van der Waals surface area contributed by atoms with Gasteiger partial charge in [0.25, 0.3) is 0 Å². The van der Waals surface area contributed by atoms with Crippen molar-refractivity contribution in [1.29, 1.82) is 0 Å². The number of carboxylic acids is 1. The lowest BCUT2D eigenvalue weighted by Gasteiger charge is -1.99. The Morgan fingerprint density at radius 1 is 1.50 bits per heavy atom. The normalized spacial score (nSPS) is 10.8. The first-order valence-corrected chi connectivity index (χ1v) is 5.84. The van der Waals surface area contributed by atoms with Crippen molar-refractivity contribution in [3.05, 3.63) is 23.2 Å². The fourth-order valence-electron chi connectivity index (χ4n) is 1.76. The predicted octanol–water partition coefficient (Wildman–Crippen LogP) is 2.13. The number of oxazole rings is 1. The maximum absolute atomic E-state index is 10.9. The van der Waals surface area contributed by atoms with Gasteiger partial charge in [-0.2, -0.15) is 5.10 Å². The van der Waals surface area contributed by atoms with E-state index in [2.05, 4.69) is 10.1 Å². The topological polar surface area (TPSA) is 81.1 Å². The number of carbonyl (C=O) groups is 1. The van der Waals surface area contributed by atoms with Crippen LogP contribution in [0.3, 0.4) is 0 Å². The first kappa shape index (κ1) is 12.3. The molecular formula is C12H15N3O3. The third-order valence-electron chi connectivity index (χ3n) is 2.70. The highest BCUT2D eigenvalue weighted by Gasteiger charge is 2.20. The van der Waals surface area contributed by atoms with Gasteiger partial charge in [-0.25, -0.2) is 9.78 Å². The first-order valence-electron chi connectivity index (χ1n) is 5.84. The molecule has 0 bridgehead atoms. The summed E-state index contributed by atoms with van der Waals surface area (Å²) in [5.41, 5.74) is 2.02. The van der Waals surface area contributed by atoms with Gasteiger partial charge in [0.05, 0.1) is 11.4 Å². The van der Waals surface area contributed by atoms with Crippen LogP contribution in [0.4, 0.5) is 0 Å². The number of aromatic nitrogens is 3. The smallest absolute Gasteiger partial charge is 0.373 e. The zero-order valence-electron chi connectivity index (χ0n) is 10.6. The van der Waals surface area contributed by atoms with Crippen molar-refractivity contribution in [3.63, 3.8) is 0 Å². The molecule has 0 atom stereocenters. The molecule has 6 heteroatoms. The van der Waals surface area contributed by atoms with Gasteiger partial charge in [-0.3, -0.25) is 4.68 Å². The van der Waals surface area contributed by atoms with Gasteiger partial charge in [0.2, 0.25) is 11.7 Å². The molecule has 18 heavy (non-hydrogen) atoms. The lowest BCUT2D eigenvalue weighted by Crippen LogP contribution is -1.99. The molecule has 0 fully saturated rings. The molecule has 0 spiro atoms. The number of carboxylic acid groups (broad SMARTS) is 1. The summed E-state index contributed by atoms with van der Waals surface area (Å²) >= 11 is 0. The SMILES string of the molecule is CCc1cc(-c2nc(C)c(C(=O)O)o2)n(CC)n1. The molecule has 0 aromatic carbocycles. The largest absolute Gasteiger partial charge is 0.475 e. The summed E-state index contributed by atoms with van der Waals surface area (Å²) in [6.45, 7) is 6.27. The fourth-order valence-corrected chi connectivity index (χ4v) is 1.76. The summed E-state index contributed by atoms with van der Waals surface area (Å²) in [7, 11) is 0. The lowest BCUT2D eigenvalue weighted by atomic mass is 10.3. The van der Waals surface area contributed by atoms with Crippen molar-refractivity contribution in [1.82, 2.24) is 14.8 Å². The number of hydrogen-bond donors (Lipinski definition) is 1. The van der Waals surface area contributed by atoms with Crippen molar-refractivity contribution in [2.24, 2.45) is 0 Å². The first-order chi connectivity index (χ1) is 8.56. The van der Waals surface area contributed by atoms with Crippen LogP contribution in [0.25, 0.3) is 11.6 Å². The average Bonchev–Trinajstić information content (AvgIpc) is 2.91. The average molecular weight is 249 g/mol. The second-order valence-electron chi connectivity index (χ2n) is 3.93. The van der Waals surface area contributed by atoms with Crippen LogP contribution >= 0.6 is 0 Å². The summed E-state index contributed by atoms with van der Waals surface area (Å²) in [6, 6.07) is 1.88. The Morgan fingerprint density at radius 2 is 2.22 bits per heavy atom. The summed E-state index contributed by atoms with van der Waals surface area (Å²) in [4.78, 5) is 15.1. The third kappa shape index (κ3) is 2.01. The van der Waals surface area contributed by atoms with Crippen molar-refractivity contribution in [2.75, 3.05) is 0 Å². The maximum atomic E-state index is 10.9. The molecule has 0 saturated heterocycles. The van der Waals surface area contributed by atoms with Crippen LogP contribution in [-0.4, -0.2) is 25.8 Å². The van der Waals surface area contributed by atoms with Crippen molar-refractivity contribution in [3.8, 4) is 11.6 Å². The van der Waals surface area contributed by atoms with Gasteiger partial charge in [-0.1, -0.05) is 6.92 Å². The molecule has 0 radical (unpaired) electrons. The lowest BCUT2D eigenvalue weighted by molar-refractivity contribution is 0.0662. The van der Waals surface area contributed by atoms with E-state index in [9.17, 15) is 4.79 Å². The van der Waals surface area contributed by atoms with Gasteiger partial charge in [0.1, 0.15) is 5.69 Å². The van der Waals surface area contributed by atoms with E-state index < -0.39 is 5.97 Å². The van der Waals surface area contributed by atoms with Crippen LogP contribution in [-0.2, 0) is 13.0 Å². The van der Waals surface area contributed by atoms with E-state index in [4.69, 9.17) is 9.52 Å². The van der Waals surface area contributed by atoms with Crippen LogP contribution in [0, 0.1) is 6.92 Å². The van der Waals surface area contributed by atoms with Crippen LogP contribution in [0.5, 0.6) is 0 Å². The highest BCUT2D eigenvalue weighted by molar-refractivity contribution is 5.86. The standard InChI is InChI=1S/C12H15N3O3/c1-4-8-6-9(15(5-2)14-8)11-13-7(3)10(18-11)12(16)17/h6H,4-5H2,1-3H3,(H,16,17). The van der Waals surface area contributed by atoms with Crippen molar-refractivity contribution in [2.45, 2.75) is 33.7 Å². The second kappa shape index (κ2) is 4.64. The summed E-state index contributed by atoms with van der Waals surface area (Å²) in [5, 5.41) is 13.3. The fraction of sp³-hybridized carbons (Fsp3) is 0.417. The zero-order valence-corrected chi connectivity index (χ0v) is 10.6. The molecule has 0 amide bonds. The molecule has 0 aliphatic carbocycles. The molecule has 2 heterocycles. The van der Waals surface area contributed by atoms with Gasteiger partial charge in [0, 0.05) is 6.54 Å². The maximum Gasteiger partial charge on any atom is 0.373 e. The van der Waals surface area contributed by atoms with E-state index >= 15 is 0 Å².